The van der Waals surface area contributed by atoms with Gasteiger partial charge in [-0.15, -0.1) is 0 Å². The Morgan fingerprint density at radius 3 is 2.81 bits per heavy atom. The molecule has 2 heterocycles. The van der Waals surface area contributed by atoms with E-state index in [0.29, 0.717) is 17.9 Å². The first-order valence-electron chi connectivity index (χ1n) is 8.09. The maximum Gasteiger partial charge on any atom is 0.272 e. The number of alkyl halides is 2. The molecule has 0 saturated heterocycles. The van der Waals surface area contributed by atoms with Crippen LogP contribution in [-0.4, -0.2) is 35.9 Å². The van der Waals surface area contributed by atoms with Crippen LogP contribution in [0.15, 0.2) is 30.5 Å². The third-order valence-electron chi connectivity index (χ3n) is 4.38. The summed E-state index contributed by atoms with van der Waals surface area (Å²) in [6.45, 7) is 1.61. The average Bonchev–Trinajstić information content (AvgIpc) is 2.97. The molecule has 0 radical (unpaired) electrons. The third kappa shape index (κ3) is 3.44. The number of aromatic nitrogens is 1. The predicted octanol–water partition coefficient (Wildman–Crippen LogP) is 4.14. The van der Waals surface area contributed by atoms with Gasteiger partial charge < -0.3 is 15.0 Å². The van der Waals surface area contributed by atoms with Crippen molar-refractivity contribution in [2.75, 3.05) is 19.0 Å². The molecule has 0 aliphatic carbocycles. The van der Waals surface area contributed by atoms with Gasteiger partial charge in [0.2, 0.25) is 0 Å². The van der Waals surface area contributed by atoms with Gasteiger partial charge in [0.25, 0.3) is 12.3 Å². The van der Waals surface area contributed by atoms with E-state index in [4.69, 9.17) is 16.3 Å². The number of carbonyl (C=O) groups is 1. The van der Waals surface area contributed by atoms with E-state index in [2.05, 4.69) is 10.3 Å². The summed E-state index contributed by atoms with van der Waals surface area (Å²) in [5.74, 6) is 0.792. The van der Waals surface area contributed by atoms with Gasteiger partial charge >= 0.3 is 0 Å². The molecule has 0 bridgehead atoms. The van der Waals surface area contributed by atoms with Crippen LogP contribution in [0.2, 0.25) is 5.02 Å². The van der Waals surface area contributed by atoms with Gasteiger partial charge in [0.05, 0.1) is 17.6 Å². The monoisotopic (exact) mass is 381 g/mol. The third-order valence-corrected chi connectivity index (χ3v) is 4.68. The second kappa shape index (κ2) is 7.45. The lowest BCUT2D eigenvalue weighted by atomic mass is 10.1. The maximum absolute atomic E-state index is 12.7. The Balaban J connectivity index is 1.81. The Labute approximate surface area is 154 Å². The number of anilines is 1. The molecule has 26 heavy (non-hydrogen) atoms. The standard InChI is InChI=1S/C18H18ClF2N3O2/c1-10(11-3-4-15(14(19)7-11)26-9-16(20)21)24-8-13-12(18(24)25)5-6-23-17(13)22-2/h3-7,10,16H,8-9H2,1-2H3,(H,22,23). The molecule has 1 N–H and O–H groups in total. The molecule has 8 heteroatoms. The zero-order valence-electron chi connectivity index (χ0n) is 14.3. The van der Waals surface area contributed by atoms with Crippen LogP contribution in [-0.2, 0) is 6.54 Å². The SMILES string of the molecule is CNc1nccc2c1CN(C(C)c1ccc(OCC(F)F)c(Cl)c1)C2=O. The van der Waals surface area contributed by atoms with Gasteiger partial charge in [-0.25, -0.2) is 13.8 Å². The minimum absolute atomic E-state index is 0.0828. The number of rotatable bonds is 6. The zero-order chi connectivity index (χ0) is 18.8. The Kier molecular flexibility index (Phi) is 5.27. The topological polar surface area (TPSA) is 54.5 Å². The first-order chi connectivity index (χ1) is 12.4. The van der Waals surface area contributed by atoms with Crippen molar-refractivity contribution in [1.82, 2.24) is 9.88 Å². The quantitative estimate of drug-likeness (QED) is 0.817. The summed E-state index contributed by atoms with van der Waals surface area (Å²) in [6, 6.07) is 6.37. The van der Waals surface area contributed by atoms with E-state index < -0.39 is 13.0 Å². The minimum Gasteiger partial charge on any atom is -0.486 e. The number of ether oxygens (including phenoxy) is 1. The van der Waals surface area contributed by atoms with E-state index in [9.17, 15) is 13.6 Å². The van der Waals surface area contributed by atoms with Crippen molar-refractivity contribution >= 4 is 23.3 Å². The van der Waals surface area contributed by atoms with Crippen LogP contribution >= 0.6 is 11.6 Å². The van der Waals surface area contributed by atoms with Crippen LogP contribution in [0.3, 0.4) is 0 Å². The molecule has 1 unspecified atom stereocenters. The molecule has 2 aromatic rings. The van der Waals surface area contributed by atoms with Crippen LogP contribution < -0.4 is 10.1 Å². The van der Waals surface area contributed by atoms with Crippen LogP contribution in [0.4, 0.5) is 14.6 Å². The molecule has 0 spiro atoms. The minimum atomic E-state index is -2.57. The maximum atomic E-state index is 12.7. The summed E-state index contributed by atoms with van der Waals surface area (Å²) in [5, 5.41) is 3.23. The van der Waals surface area contributed by atoms with Crippen molar-refractivity contribution in [2.24, 2.45) is 0 Å². The molecule has 1 aliphatic heterocycles. The highest BCUT2D eigenvalue weighted by molar-refractivity contribution is 6.32. The number of halogens is 3. The number of benzene rings is 1. The van der Waals surface area contributed by atoms with Gasteiger partial charge in [-0.1, -0.05) is 17.7 Å². The summed E-state index contributed by atoms with van der Waals surface area (Å²) < 4.78 is 29.5. The number of hydrogen-bond donors (Lipinski definition) is 1. The van der Waals surface area contributed by atoms with E-state index in [-0.39, 0.29) is 22.7 Å². The second-order valence-electron chi connectivity index (χ2n) is 5.94. The van der Waals surface area contributed by atoms with Crippen molar-refractivity contribution in [1.29, 1.82) is 0 Å². The zero-order valence-corrected chi connectivity index (χ0v) is 15.1. The molecule has 1 aromatic carbocycles. The Morgan fingerprint density at radius 1 is 1.38 bits per heavy atom. The number of amides is 1. The summed E-state index contributed by atoms with van der Waals surface area (Å²) >= 11 is 6.14. The normalized spacial score (nSPS) is 14.5. The largest absolute Gasteiger partial charge is 0.486 e. The van der Waals surface area contributed by atoms with E-state index >= 15 is 0 Å². The van der Waals surface area contributed by atoms with Gasteiger partial charge in [0, 0.05) is 24.4 Å². The second-order valence-corrected chi connectivity index (χ2v) is 6.34. The number of nitrogens with one attached hydrogen (secondary N) is 1. The number of hydrogen-bond acceptors (Lipinski definition) is 4. The molecule has 0 saturated carbocycles. The Hall–Kier alpha value is -2.41. The molecule has 5 nitrogen and oxygen atoms in total. The lowest BCUT2D eigenvalue weighted by Crippen LogP contribution is -2.27. The van der Waals surface area contributed by atoms with E-state index in [1.54, 1.807) is 42.4 Å². The van der Waals surface area contributed by atoms with Crippen LogP contribution in [0.25, 0.3) is 0 Å². The molecule has 1 aromatic heterocycles. The number of pyridine rings is 1. The molecule has 0 fully saturated rings. The van der Waals surface area contributed by atoms with E-state index in [0.717, 1.165) is 11.1 Å². The van der Waals surface area contributed by atoms with E-state index in [1.165, 1.54) is 0 Å². The Bertz CT molecular complexity index is 832. The van der Waals surface area contributed by atoms with Gasteiger partial charge in [-0.2, -0.15) is 0 Å². The van der Waals surface area contributed by atoms with Crippen molar-refractivity contribution in [2.45, 2.75) is 25.9 Å². The highest BCUT2D eigenvalue weighted by Gasteiger charge is 2.33. The summed E-state index contributed by atoms with van der Waals surface area (Å²) in [5.41, 5.74) is 2.27. The molecular weight excluding hydrogens is 364 g/mol. The van der Waals surface area contributed by atoms with Crippen LogP contribution in [0.5, 0.6) is 5.75 Å². The molecule has 1 amide bonds. The number of nitrogens with zero attached hydrogens (tertiary/aromatic N) is 2. The van der Waals surface area contributed by atoms with Crippen molar-refractivity contribution in [3.63, 3.8) is 0 Å². The van der Waals surface area contributed by atoms with Crippen molar-refractivity contribution in [3.05, 3.63) is 52.2 Å². The highest BCUT2D eigenvalue weighted by atomic mass is 35.5. The fourth-order valence-electron chi connectivity index (χ4n) is 3.00. The van der Waals surface area contributed by atoms with Crippen molar-refractivity contribution in [3.8, 4) is 5.75 Å². The summed E-state index contributed by atoms with van der Waals surface area (Å²) in [7, 11) is 1.76. The lowest BCUT2D eigenvalue weighted by Gasteiger charge is -2.25. The molecule has 138 valence electrons. The average molecular weight is 382 g/mol. The summed E-state index contributed by atoms with van der Waals surface area (Å²) in [4.78, 5) is 18.7. The first-order valence-corrected chi connectivity index (χ1v) is 8.47. The van der Waals surface area contributed by atoms with Crippen molar-refractivity contribution < 1.29 is 18.3 Å². The molecule has 1 atom stereocenters. The molecule has 3 rings (SSSR count). The highest BCUT2D eigenvalue weighted by Crippen LogP contribution is 2.36. The van der Waals surface area contributed by atoms with Gasteiger partial charge in [0.15, 0.2) is 0 Å². The molecule has 1 aliphatic rings. The van der Waals surface area contributed by atoms with Crippen LogP contribution in [0.1, 0.15) is 34.5 Å². The van der Waals surface area contributed by atoms with Gasteiger partial charge in [0.1, 0.15) is 18.2 Å². The van der Waals surface area contributed by atoms with Gasteiger partial charge in [-0.3, -0.25) is 4.79 Å². The van der Waals surface area contributed by atoms with Crippen LogP contribution in [0, 0.1) is 0 Å². The smallest absolute Gasteiger partial charge is 0.272 e. The van der Waals surface area contributed by atoms with Gasteiger partial charge in [-0.05, 0) is 30.7 Å². The fourth-order valence-corrected chi connectivity index (χ4v) is 3.25. The Morgan fingerprint density at radius 2 is 2.15 bits per heavy atom. The first kappa shape index (κ1) is 18.4. The molecular formula is C18H18ClF2N3O2. The predicted molar refractivity (Wildman–Crippen MR) is 95.0 cm³/mol. The van der Waals surface area contributed by atoms with E-state index in [1.807, 2.05) is 6.92 Å². The summed E-state index contributed by atoms with van der Waals surface area (Å²) in [6.07, 6.45) is -0.969. The number of fused-ring (bicyclic) bond motifs is 1. The lowest BCUT2D eigenvalue weighted by molar-refractivity contribution is 0.0715. The number of carbonyl (C=O) groups excluding carboxylic acids is 1. The fraction of sp³-hybridized carbons (Fsp3) is 0.333.